The Balaban J connectivity index is 1.88. The molecular formula is C15H21NO3. The fraction of sp³-hybridized carbons (Fsp3) is 0.533. The lowest BCUT2D eigenvalue weighted by Crippen LogP contribution is -2.35. The number of carboxylic acid groups (broad SMARTS) is 1. The van der Waals surface area contributed by atoms with Crippen LogP contribution in [0.1, 0.15) is 34.7 Å². The van der Waals surface area contributed by atoms with Gasteiger partial charge < -0.3 is 14.7 Å². The van der Waals surface area contributed by atoms with Gasteiger partial charge in [-0.1, -0.05) is 12.1 Å². The molecule has 0 bridgehead atoms. The SMILES string of the molecule is COCCN1CCC(c2ccc(C(=O)O)cc2)CC1. The van der Waals surface area contributed by atoms with Gasteiger partial charge in [-0.3, -0.25) is 0 Å². The molecule has 1 N–H and O–H groups in total. The summed E-state index contributed by atoms with van der Waals surface area (Å²) in [6.45, 7) is 3.97. The molecule has 4 nitrogen and oxygen atoms in total. The number of hydrogen-bond acceptors (Lipinski definition) is 3. The van der Waals surface area contributed by atoms with Crippen molar-refractivity contribution < 1.29 is 14.6 Å². The quantitative estimate of drug-likeness (QED) is 0.885. The highest BCUT2D eigenvalue weighted by atomic mass is 16.5. The Morgan fingerprint density at radius 2 is 1.95 bits per heavy atom. The zero-order valence-electron chi connectivity index (χ0n) is 11.3. The molecular weight excluding hydrogens is 242 g/mol. The monoisotopic (exact) mass is 263 g/mol. The zero-order chi connectivity index (χ0) is 13.7. The Hall–Kier alpha value is -1.39. The number of piperidine rings is 1. The van der Waals surface area contributed by atoms with Crippen molar-refractivity contribution in [2.45, 2.75) is 18.8 Å². The van der Waals surface area contributed by atoms with Gasteiger partial charge in [0.25, 0.3) is 0 Å². The maximum atomic E-state index is 10.8. The molecule has 2 rings (SSSR count). The third-order valence-electron chi connectivity index (χ3n) is 3.83. The van der Waals surface area contributed by atoms with Crippen LogP contribution in [0, 0.1) is 0 Å². The molecule has 1 aliphatic heterocycles. The molecule has 1 aromatic carbocycles. The van der Waals surface area contributed by atoms with E-state index < -0.39 is 5.97 Å². The van der Waals surface area contributed by atoms with Crippen molar-refractivity contribution in [1.82, 2.24) is 4.90 Å². The third-order valence-corrected chi connectivity index (χ3v) is 3.83. The van der Waals surface area contributed by atoms with Gasteiger partial charge in [0.15, 0.2) is 0 Å². The number of hydrogen-bond donors (Lipinski definition) is 1. The molecule has 0 atom stereocenters. The van der Waals surface area contributed by atoms with Gasteiger partial charge in [0, 0.05) is 13.7 Å². The molecule has 104 valence electrons. The van der Waals surface area contributed by atoms with Gasteiger partial charge in [0.05, 0.1) is 12.2 Å². The van der Waals surface area contributed by atoms with Crippen LogP contribution in [0.4, 0.5) is 0 Å². The molecule has 1 aliphatic rings. The second-order valence-corrected chi connectivity index (χ2v) is 5.04. The van der Waals surface area contributed by atoms with Crippen molar-refractivity contribution in [3.05, 3.63) is 35.4 Å². The first-order valence-electron chi connectivity index (χ1n) is 6.75. The van der Waals surface area contributed by atoms with E-state index >= 15 is 0 Å². The minimum Gasteiger partial charge on any atom is -0.478 e. The maximum absolute atomic E-state index is 10.8. The average Bonchev–Trinajstić information content (AvgIpc) is 2.46. The van der Waals surface area contributed by atoms with Crippen molar-refractivity contribution in [3.63, 3.8) is 0 Å². The summed E-state index contributed by atoms with van der Waals surface area (Å²) >= 11 is 0. The highest BCUT2D eigenvalue weighted by Crippen LogP contribution is 2.28. The van der Waals surface area contributed by atoms with Crippen molar-refractivity contribution in [2.24, 2.45) is 0 Å². The van der Waals surface area contributed by atoms with Crippen LogP contribution in [-0.4, -0.2) is 49.3 Å². The van der Waals surface area contributed by atoms with Gasteiger partial charge in [-0.05, 0) is 49.5 Å². The summed E-state index contributed by atoms with van der Waals surface area (Å²) in [4.78, 5) is 13.2. The predicted molar refractivity (Wildman–Crippen MR) is 73.7 cm³/mol. The molecule has 1 heterocycles. The molecule has 0 aliphatic carbocycles. The van der Waals surface area contributed by atoms with Crippen LogP contribution in [0.3, 0.4) is 0 Å². The first-order chi connectivity index (χ1) is 9.20. The number of aromatic carboxylic acids is 1. The Morgan fingerprint density at radius 1 is 1.32 bits per heavy atom. The highest BCUT2D eigenvalue weighted by Gasteiger charge is 2.20. The lowest BCUT2D eigenvalue weighted by atomic mass is 9.89. The molecule has 1 fully saturated rings. The van der Waals surface area contributed by atoms with Gasteiger partial charge in [-0.25, -0.2) is 4.79 Å². The molecule has 4 heteroatoms. The minimum absolute atomic E-state index is 0.362. The van der Waals surface area contributed by atoms with Crippen molar-refractivity contribution in [2.75, 3.05) is 33.4 Å². The summed E-state index contributed by atoms with van der Waals surface area (Å²) in [6, 6.07) is 7.32. The van der Waals surface area contributed by atoms with E-state index in [9.17, 15) is 4.79 Å². The number of methoxy groups -OCH3 is 1. The van der Waals surface area contributed by atoms with Crippen molar-refractivity contribution >= 4 is 5.97 Å². The van der Waals surface area contributed by atoms with Crippen molar-refractivity contribution in [1.29, 1.82) is 0 Å². The van der Waals surface area contributed by atoms with E-state index in [0.717, 1.165) is 39.1 Å². The number of rotatable bonds is 5. The second kappa shape index (κ2) is 6.68. The molecule has 1 saturated heterocycles. The third kappa shape index (κ3) is 3.78. The molecule has 0 amide bonds. The summed E-state index contributed by atoms with van der Waals surface area (Å²) in [5, 5.41) is 8.88. The van der Waals surface area contributed by atoms with Crippen LogP contribution >= 0.6 is 0 Å². The van der Waals surface area contributed by atoms with Crippen LogP contribution in [0.5, 0.6) is 0 Å². The van der Waals surface area contributed by atoms with E-state index in [4.69, 9.17) is 9.84 Å². The van der Waals surface area contributed by atoms with E-state index in [1.165, 1.54) is 5.56 Å². The smallest absolute Gasteiger partial charge is 0.335 e. The molecule has 19 heavy (non-hydrogen) atoms. The van der Waals surface area contributed by atoms with Gasteiger partial charge in [-0.15, -0.1) is 0 Å². The summed E-state index contributed by atoms with van der Waals surface area (Å²) in [6.07, 6.45) is 2.27. The van der Waals surface area contributed by atoms with Gasteiger partial charge in [0.2, 0.25) is 0 Å². The number of likely N-dealkylation sites (tertiary alicyclic amines) is 1. The van der Waals surface area contributed by atoms with Crippen LogP contribution in [0.25, 0.3) is 0 Å². The van der Waals surface area contributed by atoms with Gasteiger partial charge >= 0.3 is 5.97 Å². The van der Waals surface area contributed by atoms with Crippen LogP contribution in [-0.2, 0) is 4.74 Å². The number of nitrogens with zero attached hydrogens (tertiary/aromatic N) is 1. The highest BCUT2D eigenvalue weighted by molar-refractivity contribution is 5.87. The van der Waals surface area contributed by atoms with Crippen LogP contribution in [0.2, 0.25) is 0 Å². The molecule has 0 unspecified atom stereocenters. The van der Waals surface area contributed by atoms with E-state index in [1.807, 2.05) is 12.1 Å². The molecule has 0 saturated carbocycles. The van der Waals surface area contributed by atoms with Gasteiger partial charge in [0.1, 0.15) is 0 Å². The fourth-order valence-corrected chi connectivity index (χ4v) is 2.61. The Morgan fingerprint density at radius 3 is 2.47 bits per heavy atom. The molecule has 1 aromatic rings. The summed E-state index contributed by atoms with van der Waals surface area (Å²) in [5.74, 6) is -0.303. The number of ether oxygens (including phenoxy) is 1. The standard InChI is InChI=1S/C15H21NO3/c1-19-11-10-16-8-6-13(7-9-16)12-2-4-14(5-3-12)15(17)18/h2-5,13H,6-11H2,1H3,(H,17,18). The zero-order valence-corrected chi connectivity index (χ0v) is 11.3. The maximum Gasteiger partial charge on any atom is 0.335 e. The first-order valence-corrected chi connectivity index (χ1v) is 6.75. The first kappa shape index (κ1) is 14.0. The van der Waals surface area contributed by atoms with Crippen LogP contribution < -0.4 is 0 Å². The Bertz CT molecular complexity index is 408. The van der Waals surface area contributed by atoms with E-state index in [2.05, 4.69) is 4.90 Å². The topological polar surface area (TPSA) is 49.8 Å². The molecule has 0 spiro atoms. The summed E-state index contributed by atoms with van der Waals surface area (Å²) in [5.41, 5.74) is 1.62. The summed E-state index contributed by atoms with van der Waals surface area (Å²) < 4.78 is 5.09. The lowest BCUT2D eigenvalue weighted by Gasteiger charge is -2.32. The minimum atomic E-state index is -0.860. The van der Waals surface area contributed by atoms with E-state index in [0.29, 0.717) is 11.5 Å². The summed E-state index contributed by atoms with van der Waals surface area (Å²) in [7, 11) is 1.73. The van der Waals surface area contributed by atoms with E-state index in [1.54, 1.807) is 19.2 Å². The Kier molecular flexibility index (Phi) is 4.93. The van der Waals surface area contributed by atoms with Crippen LogP contribution in [0.15, 0.2) is 24.3 Å². The van der Waals surface area contributed by atoms with E-state index in [-0.39, 0.29) is 0 Å². The van der Waals surface area contributed by atoms with Gasteiger partial charge in [-0.2, -0.15) is 0 Å². The fourth-order valence-electron chi connectivity index (χ4n) is 2.61. The largest absolute Gasteiger partial charge is 0.478 e. The molecule has 0 aromatic heterocycles. The van der Waals surface area contributed by atoms with Crippen molar-refractivity contribution in [3.8, 4) is 0 Å². The predicted octanol–water partition coefficient (Wildman–Crippen LogP) is 2.21. The number of carbonyl (C=O) groups is 1. The second-order valence-electron chi connectivity index (χ2n) is 5.04. The normalized spacial score (nSPS) is 17.5. The number of benzene rings is 1. The average molecular weight is 263 g/mol. The Labute approximate surface area is 114 Å². The number of carboxylic acids is 1. The molecule has 0 radical (unpaired) electrons. The lowest BCUT2D eigenvalue weighted by molar-refractivity contribution is 0.0697.